The van der Waals surface area contributed by atoms with E-state index in [1.165, 1.54) is 5.69 Å². The summed E-state index contributed by atoms with van der Waals surface area (Å²) < 4.78 is 0. The van der Waals surface area contributed by atoms with Gasteiger partial charge in [0.05, 0.1) is 23.8 Å². The Bertz CT molecular complexity index is 552. The highest BCUT2D eigenvalue weighted by atomic mass is 15.3. The van der Waals surface area contributed by atoms with Gasteiger partial charge in [-0.3, -0.25) is 0 Å². The molecule has 1 aliphatic rings. The molecule has 0 spiro atoms. The van der Waals surface area contributed by atoms with Crippen molar-refractivity contribution in [1.82, 2.24) is 9.97 Å². The van der Waals surface area contributed by atoms with Crippen molar-refractivity contribution in [2.24, 2.45) is 0 Å². The Morgan fingerprint density at radius 1 is 1.06 bits per heavy atom. The highest BCUT2D eigenvalue weighted by Gasteiger charge is 2.21. The summed E-state index contributed by atoms with van der Waals surface area (Å²) in [5.74, 6) is 1.28. The molecule has 0 saturated heterocycles. The molecule has 92 valence electrons. The number of nitrogen functional groups attached to an aromatic ring is 1. The van der Waals surface area contributed by atoms with Crippen molar-refractivity contribution < 1.29 is 0 Å². The van der Waals surface area contributed by atoms with E-state index in [9.17, 15) is 0 Å². The van der Waals surface area contributed by atoms with Crippen LogP contribution in [0.25, 0.3) is 0 Å². The lowest BCUT2D eigenvalue weighted by molar-refractivity contribution is 0.811. The van der Waals surface area contributed by atoms with Gasteiger partial charge >= 0.3 is 0 Å². The van der Waals surface area contributed by atoms with Gasteiger partial charge in [-0.25, -0.2) is 9.97 Å². The Labute approximate surface area is 106 Å². The molecule has 0 radical (unpaired) electrons. The van der Waals surface area contributed by atoms with Crippen LogP contribution >= 0.6 is 0 Å². The third-order valence-electron chi connectivity index (χ3n) is 3.18. The summed E-state index contributed by atoms with van der Waals surface area (Å²) in [6.45, 7) is 1.86. The van der Waals surface area contributed by atoms with Crippen LogP contribution in [0, 0.1) is 0 Å². The second kappa shape index (κ2) is 4.18. The first kappa shape index (κ1) is 10.8. The molecule has 0 unspecified atom stereocenters. The number of likely N-dealkylation sites (N-methyl/N-ethyl adjacent to an activating group) is 1. The topological polar surface area (TPSA) is 58.3 Å². The van der Waals surface area contributed by atoms with E-state index in [2.05, 4.69) is 38.9 Å². The van der Waals surface area contributed by atoms with E-state index in [1.807, 2.05) is 12.1 Å². The van der Waals surface area contributed by atoms with E-state index < -0.39 is 0 Å². The Morgan fingerprint density at radius 3 is 2.56 bits per heavy atom. The number of hydrogen-bond acceptors (Lipinski definition) is 5. The quantitative estimate of drug-likeness (QED) is 0.822. The molecule has 2 aromatic rings. The first-order chi connectivity index (χ1) is 8.75. The van der Waals surface area contributed by atoms with E-state index in [-0.39, 0.29) is 0 Å². The van der Waals surface area contributed by atoms with Crippen LogP contribution in [-0.4, -0.2) is 30.1 Å². The number of nitrogens with two attached hydrogens (primary N) is 1. The predicted molar refractivity (Wildman–Crippen MR) is 73.2 cm³/mol. The van der Waals surface area contributed by atoms with Crippen molar-refractivity contribution in [3.05, 3.63) is 36.7 Å². The zero-order valence-corrected chi connectivity index (χ0v) is 10.2. The summed E-state index contributed by atoms with van der Waals surface area (Å²) in [6.07, 6.45) is 3.31. The van der Waals surface area contributed by atoms with Crippen LogP contribution < -0.4 is 15.5 Å². The summed E-state index contributed by atoms with van der Waals surface area (Å²) in [7, 11) is 2.10. The van der Waals surface area contributed by atoms with Crippen molar-refractivity contribution in [3.8, 4) is 0 Å². The van der Waals surface area contributed by atoms with Crippen LogP contribution in [0.2, 0.25) is 0 Å². The third-order valence-corrected chi connectivity index (χ3v) is 3.18. The molecule has 0 fully saturated rings. The average Bonchev–Trinajstić information content (AvgIpc) is 2.41. The maximum atomic E-state index is 5.57. The predicted octanol–water partition coefficient (Wildman–Crippen LogP) is 1.65. The van der Waals surface area contributed by atoms with Crippen LogP contribution in [0.1, 0.15) is 0 Å². The second-order valence-corrected chi connectivity index (χ2v) is 4.36. The number of benzene rings is 1. The lowest BCUT2D eigenvalue weighted by Crippen LogP contribution is -2.36. The lowest BCUT2D eigenvalue weighted by Gasteiger charge is -2.36. The maximum Gasteiger partial charge on any atom is 0.151 e. The molecule has 1 aliphatic heterocycles. The van der Waals surface area contributed by atoms with Gasteiger partial charge in [-0.15, -0.1) is 0 Å². The first-order valence-corrected chi connectivity index (χ1v) is 5.91. The molecule has 0 bridgehead atoms. The molecule has 1 aromatic heterocycles. The van der Waals surface area contributed by atoms with Crippen molar-refractivity contribution in [1.29, 1.82) is 0 Å². The Balaban J connectivity index is 2.04. The van der Waals surface area contributed by atoms with Gasteiger partial charge in [0, 0.05) is 20.1 Å². The second-order valence-electron chi connectivity index (χ2n) is 4.36. The van der Waals surface area contributed by atoms with Crippen LogP contribution in [-0.2, 0) is 0 Å². The Hall–Kier alpha value is -2.30. The van der Waals surface area contributed by atoms with E-state index in [0.717, 1.165) is 24.6 Å². The molecule has 0 amide bonds. The zero-order valence-electron chi connectivity index (χ0n) is 10.2. The Morgan fingerprint density at radius 2 is 1.83 bits per heavy atom. The van der Waals surface area contributed by atoms with Crippen molar-refractivity contribution >= 4 is 23.0 Å². The number of anilines is 4. The standard InChI is InChI=1S/C13H15N5/c1-17-6-7-18(11-5-3-2-4-10(11)17)13-9-15-12(14)8-16-13/h2-5,8-9H,6-7H2,1H3,(H2,14,15). The molecule has 18 heavy (non-hydrogen) atoms. The van der Waals surface area contributed by atoms with Crippen molar-refractivity contribution in [2.75, 3.05) is 35.7 Å². The number of aromatic nitrogens is 2. The van der Waals surface area contributed by atoms with Gasteiger partial charge in [0.25, 0.3) is 0 Å². The minimum absolute atomic E-state index is 0.446. The SMILES string of the molecule is CN1CCN(c2cnc(N)cn2)c2ccccc21. The van der Waals surface area contributed by atoms with Crippen LogP contribution in [0.15, 0.2) is 36.7 Å². The average molecular weight is 241 g/mol. The smallest absolute Gasteiger partial charge is 0.151 e. The van der Waals surface area contributed by atoms with Gasteiger partial charge in [-0.05, 0) is 12.1 Å². The van der Waals surface area contributed by atoms with Gasteiger partial charge in [0.15, 0.2) is 5.82 Å². The molecular formula is C13H15N5. The van der Waals surface area contributed by atoms with Gasteiger partial charge < -0.3 is 15.5 Å². The van der Waals surface area contributed by atoms with Gasteiger partial charge in [0.1, 0.15) is 5.82 Å². The fourth-order valence-electron chi connectivity index (χ4n) is 2.21. The number of hydrogen-bond donors (Lipinski definition) is 1. The number of fused-ring (bicyclic) bond motifs is 1. The van der Waals surface area contributed by atoms with Crippen molar-refractivity contribution in [3.63, 3.8) is 0 Å². The zero-order chi connectivity index (χ0) is 12.5. The largest absolute Gasteiger partial charge is 0.382 e. The van der Waals surface area contributed by atoms with Crippen LogP contribution in [0.4, 0.5) is 23.0 Å². The summed E-state index contributed by atoms with van der Waals surface area (Å²) in [6, 6.07) is 8.30. The number of nitrogens with zero attached hydrogens (tertiary/aromatic N) is 4. The highest BCUT2D eigenvalue weighted by molar-refractivity contribution is 5.77. The third kappa shape index (κ3) is 1.73. The summed E-state index contributed by atoms with van der Waals surface area (Å²) in [4.78, 5) is 12.9. The lowest BCUT2D eigenvalue weighted by atomic mass is 10.2. The van der Waals surface area contributed by atoms with Gasteiger partial charge in [-0.2, -0.15) is 0 Å². The van der Waals surface area contributed by atoms with E-state index in [0.29, 0.717) is 5.82 Å². The molecular weight excluding hydrogens is 226 g/mol. The summed E-state index contributed by atoms with van der Waals surface area (Å²) in [5.41, 5.74) is 7.94. The Kier molecular flexibility index (Phi) is 2.51. The first-order valence-electron chi connectivity index (χ1n) is 5.91. The fourth-order valence-corrected chi connectivity index (χ4v) is 2.21. The monoisotopic (exact) mass is 241 g/mol. The van der Waals surface area contributed by atoms with Crippen molar-refractivity contribution in [2.45, 2.75) is 0 Å². The summed E-state index contributed by atoms with van der Waals surface area (Å²) in [5, 5.41) is 0. The minimum atomic E-state index is 0.446. The highest BCUT2D eigenvalue weighted by Crippen LogP contribution is 2.35. The molecule has 2 N–H and O–H groups in total. The number of rotatable bonds is 1. The summed E-state index contributed by atoms with van der Waals surface area (Å²) >= 11 is 0. The maximum absolute atomic E-state index is 5.57. The molecule has 0 atom stereocenters. The molecule has 2 heterocycles. The fraction of sp³-hybridized carbons (Fsp3) is 0.231. The molecule has 1 aromatic carbocycles. The minimum Gasteiger partial charge on any atom is -0.382 e. The number of para-hydroxylation sites is 2. The van der Waals surface area contributed by atoms with Crippen LogP contribution in [0.5, 0.6) is 0 Å². The van der Waals surface area contributed by atoms with Gasteiger partial charge in [-0.1, -0.05) is 12.1 Å². The molecule has 5 nitrogen and oxygen atoms in total. The van der Waals surface area contributed by atoms with E-state index in [4.69, 9.17) is 5.73 Å². The molecule has 0 saturated carbocycles. The van der Waals surface area contributed by atoms with E-state index in [1.54, 1.807) is 12.4 Å². The normalized spacial score (nSPS) is 14.5. The van der Waals surface area contributed by atoms with Gasteiger partial charge in [0.2, 0.25) is 0 Å². The van der Waals surface area contributed by atoms with Crippen LogP contribution in [0.3, 0.4) is 0 Å². The van der Waals surface area contributed by atoms with E-state index >= 15 is 0 Å². The molecule has 3 rings (SSSR count). The molecule has 0 aliphatic carbocycles. The molecule has 5 heteroatoms.